The van der Waals surface area contributed by atoms with Crippen molar-refractivity contribution in [2.75, 3.05) is 0 Å². The summed E-state index contributed by atoms with van der Waals surface area (Å²) in [7, 11) is -0.293. The second kappa shape index (κ2) is 27.1. The van der Waals surface area contributed by atoms with Gasteiger partial charge in [-0.05, 0) is 181 Å². The van der Waals surface area contributed by atoms with E-state index >= 15 is 0 Å². The van der Waals surface area contributed by atoms with Crippen LogP contribution in [-0.2, 0) is 20.1 Å². The summed E-state index contributed by atoms with van der Waals surface area (Å²) < 4.78 is 25.4. The number of rotatable bonds is 8. The van der Waals surface area contributed by atoms with Crippen LogP contribution < -0.4 is 5.46 Å². The quantitative estimate of drug-likeness (QED) is 0.136. The van der Waals surface area contributed by atoms with Crippen LogP contribution in [0.2, 0.25) is 5.02 Å². The zero-order valence-corrected chi connectivity index (χ0v) is 61.7. The van der Waals surface area contributed by atoms with Gasteiger partial charge in [0.05, 0.1) is 11.2 Å². The van der Waals surface area contributed by atoms with Gasteiger partial charge in [0.1, 0.15) is 22.3 Å². The van der Waals surface area contributed by atoms with Gasteiger partial charge in [-0.15, -0.1) is 0 Å². The van der Waals surface area contributed by atoms with Gasteiger partial charge in [0.15, 0.2) is 34.9 Å². The highest BCUT2D eigenvalue weighted by Crippen LogP contribution is 2.59. The molecule has 0 unspecified atom stereocenters. The van der Waals surface area contributed by atoms with Gasteiger partial charge in [0, 0.05) is 70.8 Å². The predicted octanol–water partition coefficient (Wildman–Crippen LogP) is 24.3. The molecule has 3 fully saturated rings. The molecular formula is C96H78BClN6O4. The van der Waals surface area contributed by atoms with E-state index in [1.54, 1.807) is 0 Å². The van der Waals surface area contributed by atoms with E-state index < -0.39 is 0 Å². The summed E-state index contributed by atoms with van der Waals surface area (Å²) in [5.41, 5.74) is 23.9. The van der Waals surface area contributed by atoms with Gasteiger partial charge in [0.2, 0.25) is 0 Å². The summed E-state index contributed by atoms with van der Waals surface area (Å²) in [6.45, 7) is 8.56. The van der Waals surface area contributed by atoms with Crippen molar-refractivity contribution in [3.05, 3.63) is 306 Å². The first-order valence-corrected chi connectivity index (χ1v) is 38.4. The minimum absolute atomic E-state index is 0.0764. The largest absolute Gasteiger partial charge is 0.495 e. The lowest BCUT2D eigenvalue weighted by Gasteiger charge is -2.37. The number of halogens is 1. The van der Waals surface area contributed by atoms with Crippen LogP contribution >= 0.6 is 11.6 Å². The highest BCUT2D eigenvalue weighted by atomic mass is 35.5. The van der Waals surface area contributed by atoms with E-state index in [0.29, 0.717) is 40.0 Å². The molecule has 12 heteroatoms. The normalized spacial score (nSPS) is 16.0. The van der Waals surface area contributed by atoms with Crippen LogP contribution in [0.25, 0.3) is 146 Å². The summed E-state index contributed by atoms with van der Waals surface area (Å²) in [4.78, 5) is 29.2. The van der Waals surface area contributed by atoms with Crippen molar-refractivity contribution in [1.82, 2.24) is 29.9 Å². The molecule has 5 heterocycles. The van der Waals surface area contributed by atoms with E-state index in [2.05, 4.69) is 149 Å². The average molecular weight is 1430 g/mol. The van der Waals surface area contributed by atoms with Crippen LogP contribution in [0.4, 0.5) is 0 Å². The molecule has 2 spiro atoms. The van der Waals surface area contributed by atoms with Gasteiger partial charge >= 0.3 is 7.12 Å². The number of furan rings is 2. The molecule has 10 nitrogen and oxygen atoms in total. The second-order valence-corrected chi connectivity index (χ2v) is 31.0. The molecule has 12 aromatic carbocycles. The number of hydrogen-bond donors (Lipinski definition) is 0. The fraction of sp³-hybridized carbons (Fsp3) is 0.188. The molecular weight excluding hydrogens is 1350 g/mol. The Morgan fingerprint density at radius 1 is 0.287 bits per heavy atom. The van der Waals surface area contributed by atoms with Gasteiger partial charge in [0.25, 0.3) is 0 Å². The Hall–Kier alpha value is -11.5. The molecule has 0 atom stereocenters. The predicted molar refractivity (Wildman–Crippen MR) is 438 cm³/mol. The first-order valence-electron chi connectivity index (χ1n) is 38.0. The monoisotopic (exact) mass is 1420 g/mol. The third-order valence-corrected chi connectivity index (χ3v) is 23.9. The van der Waals surface area contributed by atoms with E-state index in [4.69, 9.17) is 59.6 Å². The highest BCUT2D eigenvalue weighted by molar-refractivity contribution is 6.63. The molecule has 2 saturated carbocycles. The number of nitrogens with zero attached hydrogens (tertiary/aromatic N) is 6. The molecule has 0 amide bonds. The summed E-state index contributed by atoms with van der Waals surface area (Å²) in [6.07, 6.45) is 12.7. The Labute approximate surface area is 634 Å². The summed E-state index contributed by atoms with van der Waals surface area (Å²) in [5, 5.41) is 4.77. The minimum atomic E-state index is -0.314. The Morgan fingerprint density at radius 3 is 1.05 bits per heavy atom. The third-order valence-electron chi connectivity index (χ3n) is 23.6. The molecule has 108 heavy (non-hydrogen) atoms. The first kappa shape index (κ1) is 67.2. The van der Waals surface area contributed by atoms with Crippen molar-refractivity contribution in [2.45, 2.75) is 114 Å². The first-order chi connectivity index (χ1) is 52.8. The zero-order valence-electron chi connectivity index (χ0n) is 60.9. The van der Waals surface area contributed by atoms with E-state index in [0.717, 1.165) is 77.3 Å². The van der Waals surface area contributed by atoms with Gasteiger partial charge in [-0.2, -0.15) is 0 Å². The Bertz CT molecular complexity index is 6000. The topological polar surface area (TPSA) is 122 Å². The van der Waals surface area contributed by atoms with Gasteiger partial charge < -0.3 is 18.1 Å². The Morgan fingerprint density at radius 2 is 0.611 bits per heavy atom. The van der Waals surface area contributed by atoms with Crippen LogP contribution in [0.1, 0.15) is 114 Å². The van der Waals surface area contributed by atoms with Crippen molar-refractivity contribution in [2.24, 2.45) is 0 Å². The highest BCUT2D eigenvalue weighted by Gasteiger charge is 2.55. The lowest BCUT2D eigenvalue weighted by atomic mass is 9.62. The van der Waals surface area contributed by atoms with Gasteiger partial charge in [-0.3, -0.25) is 0 Å². The van der Waals surface area contributed by atoms with Crippen LogP contribution in [0, 0.1) is 0 Å². The summed E-state index contributed by atoms with van der Waals surface area (Å²) in [6, 6.07) is 96.5. The van der Waals surface area contributed by atoms with Crippen LogP contribution in [0.15, 0.2) is 288 Å². The molecule has 0 radical (unpaired) electrons. The number of benzene rings is 12. The van der Waals surface area contributed by atoms with Crippen LogP contribution in [0.5, 0.6) is 0 Å². The molecule has 5 aliphatic rings. The van der Waals surface area contributed by atoms with E-state index in [1.165, 1.54) is 125 Å². The lowest BCUT2D eigenvalue weighted by Crippen LogP contribution is -2.42. The summed E-state index contributed by atoms with van der Waals surface area (Å²) in [5.74, 6) is 3.82. The molecule has 4 aliphatic carbocycles. The SMILES string of the molecule is CC1(C)OB(c2cccc3c2C2(CCCCC2)c2ccccc2-3)OC1(C)C.Clc1ccc2oc3ccc(-c4nc(-c5ccccc5)nc(-c5ccccc5)n4)cc3c2c1.c1ccc(-c2nc(-c3ccccc3)nc(-c3ccc4oc5ccc(-c6cccc7c6C6(CCCCC6)c6ccccc6-7)cc5c4c3)n2)cc1. The van der Waals surface area contributed by atoms with E-state index in [1.807, 2.05) is 158 Å². The van der Waals surface area contributed by atoms with Crippen molar-refractivity contribution in [3.8, 4) is 102 Å². The molecule has 16 aromatic rings. The number of fused-ring (bicyclic) bond motifs is 16. The van der Waals surface area contributed by atoms with Crippen molar-refractivity contribution >= 4 is 68.1 Å². The van der Waals surface area contributed by atoms with Gasteiger partial charge in [-0.1, -0.05) is 262 Å². The molecule has 0 bridgehead atoms. The number of aromatic nitrogens is 6. The maximum Gasteiger partial charge on any atom is 0.495 e. The maximum atomic E-state index is 6.49. The molecule has 0 N–H and O–H groups in total. The zero-order chi connectivity index (χ0) is 72.7. The molecule has 1 aliphatic heterocycles. The number of hydrogen-bond acceptors (Lipinski definition) is 10. The average Bonchev–Trinajstić information content (AvgIpc) is 1.55. The summed E-state index contributed by atoms with van der Waals surface area (Å²) >= 11 is 6.24. The van der Waals surface area contributed by atoms with E-state index in [9.17, 15) is 0 Å². The lowest BCUT2D eigenvalue weighted by molar-refractivity contribution is 0.00578. The van der Waals surface area contributed by atoms with E-state index in [-0.39, 0.29) is 29.2 Å². The molecule has 526 valence electrons. The standard InChI is InChI=1S/C45H33N3O.C27H16ClN3O.C24H29BO2/c1-4-13-29(14-5-1)42-46-43(30-15-6-2-7-16-30)48-44(47-42)32-22-24-40-37(28-32)36-27-31(21-23-39(36)49-40)33-18-12-19-35-34-17-8-9-20-38(34)45(41(33)35)25-10-3-11-26-45;28-20-12-14-24-22(16-20)21-15-19(11-13-23(21)32-24)27-30-25(17-7-3-1-4-8-17)29-26(31-27)18-9-5-2-6-10-18;1-22(2)23(3,4)27-25(26-22)20-14-10-12-18-17-11-6-7-13-19(17)24(21(18)20)15-8-5-9-16-24/h1-2,4-9,12-24,27-28H,3,10-11,25-26H2;1-16H;6-7,10-14H,5,8-9,15-16H2,1-4H3. The molecule has 1 saturated heterocycles. The van der Waals surface area contributed by atoms with Crippen molar-refractivity contribution in [1.29, 1.82) is 0 Å². The maximum absolute atomic E-state index is 6.49. The molecule has 21 rings (SSSR count). The van der Waals surface area contributed by atoms with Crippen LogP contribution in [-0.4, -0.2) is 48.2 Å². The molecule has 4 aromatic heterocycles. The fourth-order valence-corrected chi connectivity index (χ4v) is 17.9. The van der Waals surface area contributed by atoms with Crippen molar-refractivity contribution < 1.29 is 18.1 Å². The Kier molecular flexibility index (Phi) is 16.8. The minimum Gasteiger partial charge on any atom is -0.456 e. The van der Waals surface area contributed by atoms with Gasteiger partial charge in [-0.25, -0.2) is 29.9 Å². The smallest absolute Gasteiger partial charge is 0.456 e. The van der Waals surface area contributed by atoms with Crippen molar-refractivity contribution in [3.63, 3.8) is 0 Å². The fourth-order valence-electron chi connectivity index (χ4n) is 17.8. The Balaban J connectivity index is 0.000000117. The third kappa shape index (κ3) is 11.7. The van der Waals surface area contributed by atoms with Crippen LogP contribution in [0.3, 0.4) is 0 Å². The second-order valence-electron chi connectivity index (χ2n) is 30.5.